The van der Waals surface area contributed by atoms with Crippen molar-refractivity contribution in [3.05, 3.63) is 83.1 Å². The third-order valence-corrected chi connectivity index (χ3v) is 5.38. The lowest BCUT2D eigenvalue weighted by Gasteiger charge is -2.23. The van der Waals surface area contributed by atoms with E-state index in [2.05, 4.69) is 12.2 Å². The van der Waals surface area contributed by atoms with Gasteiger partial charge in [-0.1, -0.05) is 24.6 Å². The number of nitrogens with one attached hydrogen (secondary N) is 1. The van der Waals surface area contributed by atoms with Crippen molar-refractivity contribution in [3.63, 3.8) is 0 Å². The maximum atomic E-state index is 13.1. The predicted octanol–water partition coefficient (Wildman–Crippen LogP) is 4.26. The first-order valence-corrected chi connectivity index (χ1v) is 11.4. The fourth-order valence-electron chi connectivity index (χ4n) is 3.60. The van der Waals surface area contributed by atoms with Crippen molar-refractivity contribution in [3.8, 4) is 0 Å². The molecule has 0 spiro atoms. The third kappa shape index (κ3) is 6.83. The van der Waals surface area contributed by atoms with Gasteiger partial charge in [-0.15, -0.1) is 0 Å². The lowest BCUT2D eigenvalue weighted by molar-refractivity contribution is 0.0739. The van der Waals surface area contributed by atoms with Crippen LogP contribution in [0.25, 0.3) is 0 Å². The van der Waals surface area contributed by atoms with Crippen LogP contribution in [0.3, 0.4) is 0 Å². The van der Waals surface area contributed by atoms with E-state index in [0.29, 0.717) is 49.9 Å². The molecule has 3 rings (SSSR count). The van der Waals surface area contributed by atoms with Crippen LogP contribution in [0, 0.1) is 6.92 Å². The van der Waals surface area contributed by atoms with E-state index >= 15 is 0 Å². The molecule has 0 atom stereocenters. The van der Waals surface area contributed by atoms with Gasteiger partial charge in [0.05, 0.1) is 13.1 Å². The van der Waals surface area contributed by atoms with Crippen LogP contribution in [0.15, 0.2) is 59.1 Å². The van der Waals surface area contributed by atoms with Crippen molar-refractivity contribution in [2.45, 2.75) is 39.8 Å². The summed E-state index contributed by atoms with van der Waals surface area (Å²) in [5.74, 6) is 0.762. The summed E-state index contributed by atoms with van der Waals surface area (Å²) in [5, 5.41) is 2.83. The summed E-state index contributed by atoms with van der Waals surface area (Å²) in [5.41, 5.74) is 2.83. The first kappa shape index (κ1) is 24.3. The third-order valence-electron chi connectivity index (χ3n) is 5.38. The molecule has 1 N–H and O–H groups in total. The Bertz CT molecular complexity index is 1040. The number of aromatic nitrogens is 1. The van der Waals surface area contributed by atoms with Gasteiger partial charge < -0.3 is 23.9 Å². The van der Waals surface area contributed by atoms with E-state index in [9.17, 15) is 9.59 Å². The molecule has 2 aromatic heterocycles. The quantitative estimate of drug-likeness (QED) is 0.418. The Morgan fingerprint density at radius 3 is 2.64 bits per heavy atom. The summed E-state index contributed by atoms with van der Waals surface area (Å²) in [4.78, 5) is 27.2. The van der Waals surface area contributed by atoms with Crippen LogP contribution in [0.2, 0.25) is 0 Å². The summed E-state index contributed by atoms with van der Waals surface area (Å²) >= 11 is 0. The highest BCUT2D eigenvalue weighted by Gasteiger charge is 2.18. The van der Waals surface area contributed by atoms with Crippen LogP contribution in [0.1, 0.15) is 57.7 Å². The van der Waals surface area contributed by atoms with Crippen LogP contribution in [0.5, 0.6) is 0 Å². The summed E-state index contributed by atoms with van der Waals surface area (Å²) in [7, 11) is 1.63. The Morgan fingerprint density at radius 2 is 1.91 bits per heavy atom. The van der Waals surface area contributed by atoms with Gasteiger partial charge in [0, 0.05) is 44.3 Å². The van der Waals surface area contributed by atoms with E-state index in [-0.39, 0.29) is 11.8 Å². The highest BCUT2D eigenvalue weighted by molar-refractivity contribution is 5.94. The standard InChI is InChI=1S/C26H33N3O4/c1-4-15-29(26(31)21-10-8-20(2)9-11-21)18-22-7-5-16-28(22)19-23-12-13-24(33-23)25(30)27-14-6-17-32-3/h5,7-13,16H,4,6,14-15,17-19H2,1-3H3,(H,27,30). The number of carbonyl (C=O) groups excluding carboxylic acids is 2. The molecule has 0 aliphatic heterocycles. The minimum absolute atomic E-state index is 0.0232. The lowest BCUT2D eigenvalue weighted by Crippen LogP contribution is -2.32. The molecule has 1 aromatic carbocycles. The zero-order valence-corrected chi connectivity index (χ0v) is 19.7. The number of hydrogen-bond acceptors (Lipinski definition) is 4. The van der Waals surface area contributed by atoms with Gasteiger partial charge in [-0.25, -0.2) is 0 Å². The summed E-state index contributed by atoms with van der Waals surface area (Å²) in [6.07, 6.45) is 3.58. The molecule has 0 unspecified atom stereocenters. The maximum Gasteiger partial charge on any atom is 0.286 e. The van der Waals surface area contributed by atoms with Gasteiger partial charge in [-0.05, 0) is 56.2 Å². The fraction of sp³-hybridized carbons (Fsp3) is 0.385. The van der Waals surface area contributed by atoms with Gasteiger partial charge in [0.1, 0.15) is 5.76 Å². The number of hydrogen-bond donors (Lipinski definition) is 1. The SMILES string of the molecule is CCCN(Cc1cccn1Cc1ccc(C(=O)NCCCOC)o1)C(=O)c1ccc(C)cc1. The van der Waals surface area contributed by atoms with Gasteiger partial charge in [-0.2, -0.15) is 0 Å². The topological polar surface area (TPSA) is 76.7 Å². The second-order valence-corrected chi connectivity index (χ2v) is 8.09. The van der Waals surface area contributed by atoms with Crippen LogP contribution in [-0.4, -0.2) is 48.1 Å². The molecule has 0 saturated heterocycles. The van der Waals surface area contributed by atoms with E-state index < -0.39 is 0 Å². The van der Waals surface area contributed by atoms with Crippen LogP contribution in [0.4, 0.5) is 0 Å². The molecule has 2 amide bonds. The molecule has 7 heteroatoms. The monoisotopic (exact) mass is 451 g/mol. The average Bonchev–Trinajstić information content (AvgIpc) is 3.46. The minimum atomic E-state index is -0.233. The molecule has 3 aromatic rings. The second-order valence-electron chi connectivity index (χ2n) is 8.09. The molecule has 0 radical (unpaired) electrons. The Balaban J connectivity index is 1.65. The average molecular weight is 452 g/mol. The molecular weight excluding hydrogens is 418 g/mol. The van der Waals surface area contributed by atoms with Crippen LogP contribution in [-0.2, 0) is 17.8 Å². The van der Waals surface area contributed by atoms with E-state index in [1.165, 1.54) is 0 Å². The van der Waals surface area contributed by atoms with Gasteiger partial charge in [0.25, 0.3) is 11.8 Å². The molecule has 0 bridgehead atoms. The van der Waals surface area contributed by atoms with Crippen LogP contribution < -0.4 is 5.32 Å². The smallest absolute Gasteiger partial charge is 0.286 e. The van der Waals surface area contributed by atoms with Crippen molar-refractivity contribution in [1.29, 1.82) is 0 Å². The number of ether oxygens (including phenoxy) is 1. The van der Waals surface area contributed by atoms with Crippen molar-refractivity contribution in [2.24, 2.45) is 0 Å². The molecule has 7 nitrogen and oxygen atoms in total. The van der Waals surface area contributed by atoms with Gasteiger partial charge in [0.2, 0.25) is 0 Å². The van der Waals surface area contributed by atoms with E-state index in [4.69, 9.17) is 9.15 Å². The molecule has 33 heavy (non-hydrogen) atoms. The van der Waals surface area contributed by atoms with Gasteiger partial charge in [0.15, 0.2) is 5.76 Å². The Labute approximate surface area is 195 Å². The number of carbonyl (C=O) groups is 2. The van der Waals surface area contributed by atoms with E-state index in [1.54, 1.807) is 13.2 Å². The van der Waals surface area contributed by atoms with Gasteiger partial charge in [-0.3, -0.25) is 9.59 Å². The molecular formula is C26H33N3O4. The number of aryl methyl sites for hydroxylation is 1. The molecule has 176 valence electrons. The first-order valence-electron chi connectivity index (χ1n) is 11.4. The Hall–Kier alpha value is -3.32. The Morgan fingerprint density at radius 1 is 1.12 bits per heavy atom. The number of furan rings is 1. The zero-order valence-electron chi connectivity index (χ0n) is 19.7. The number of amides is 2. The number of nitrogens with zero attached hydrogens (tertiary/aromatic N) is 2. The molecule has 0 aliphatic carbocycles. The van der Waals surface area contributed by atoms with Crippen molar-refractivity contribution in [2.75, 3.05) is 26.8 Å². The minimum Gasteiger partial charge on any atom is -0.454 e. The molecule has 0 fully saturated rings. The fourth-order valence-corrected chi connectivity index (χ4v) is 3.60. The highest BCUT2D eigenvalue weighted by atomic mass is 16.5. The number of methoxy groups -OCH3 is 1. The van der Waals surface area contributed by atoms with Crippen molar-refractivity contribution < 1.29 is 18.7 Å². The normalized spacial score (nSPS) is 10.9. The largest absolute Gasteiger partial charge is 0.454 e. The van der Waals surface area contributed by atoms with Gasteiger partial charge >= 0.3 is 0 Å². The van der Waals surface area contributed by atoms with E-state index in [0.717, 1.165) is 24.1 Å². The summed E-state index contributed by atoms with van der Waals surface area (Å²) in [6, 6.07) is 15.2. The van der Waals surface area contributed by atoms with E-state index in [1.807, 2.05) is 65.1 Å². The van der Waals surface area contributed by atoms with Crippen LogP contribution >= 0.6 is 0 Å². The van der Waals surface area contributed by atoms with Crippen molar-refractivity contribution >= 4 is 11.8 Å². The summed E-state index contributed by atoms with van der Waals surface area (Å²) in [6.45, 7) is 6.87. The second kappa shape index (κ2) is 12.1. The summed E-state index contributed by atoms with van der Waals surface area (Å²) < 4.78 is 12.8. The van der Waals surface area contributed by atoms with Crippen molar-refractivity contribution in [1.82, 2.24) is 14.8 Å². The lowest BCUT2D eigenvalue weighted by atomic mass is 10.1. The maximum absolute atomic E-state index is 13.1. The molecule has 0 aliphatic rings. The number of benzene rings is 1. The predicted molar refractivity (Wildman–Crippen MR) is 127 cm³/mol. The highest BCUT2D eigenvalue weighted by Crippen LogP contribution is 2.16. The molecule has 2 heterocycles. The molecule has 0 saturated carbocycles. The number of rotatable bonds is 12. The Kier molecular flexibility index (Phi) is 8.89. The zero-order chi connectivity index (χ0) is 23.6. The first-order chi connectivity index (χ1) is 16.0.